The Bertz CT molecular complexity index is 209. The van der Waals surface area contributed by atoms with Crippen molar-refractivity contribution in [3.63, 3.8) is 0 Å². The van der Waals surface area contributed by atoms with Crippen LogP contribution in [-0.4, -0.2) is 64.3 Å². The summed E-state index contributed by atoms with van der Waals surface area (Å²) in [4.78, 5) is 6.76. The van der Waals surface area contributed by atoms with Gasteiger partial charge >= 0.3 is 0 Å². The van der Waals surface area contributed by atoms with Crippen LogP contribution < -0.4 is 10.6 Å². The van der Waals surface area contributed by atoms with Crippen molar-refractivity contribution < 1.29 is 4.74 Å². The van der Waals surface area contributed by atoms with Crippen LogP contribution in [0, 0.1) is 0 Å². The number of likely N-dealkylation sites (N-methyl/N-ethyl adjacent to an activating group) is 1. The van der Waals surface area contributed by atoms with Crippen molar-refractivity contribution in [2.75, 3.05) is 53.5 Å². The highest BCUT2D eigenvalue weighted by molar-refractivity contribution is 5.79. The molecule has 0 radical (unpaired) electrons. The molecule has 0 fully saturated rings. The average molecular weight is 258 g/mol. The van der Waals surface area contributed by atoms with Crippen molar-refractivity contribution in [1.82, 2.24) is 15.5 Å². The van der Waals surface area contributed by atoms with E-state index >= 15 is 0 Å². The molecule has 5 nitrogen and oxygen atoms in total. The second-order valence-corrected chi connectivity index (χ2v) is 4.34. The number of hydrogen-bond acceptors (Lipinski definition) is 3. The van der Waals surface area contributed by atoms with E-state index in [0.29, 0.717) is 0 Å². The van der Waals surface area contributed by atoms with Gasteiger partial charge in [-0.3, -0.25) is 4.99 Å². The first-order chi connectivity index (χ1) is 8.74. The number of ether oxygens (including phenoxy) is 1. The van der Waals surface area contributed by atoms with Gasteiger partial charge in [-0.25, -0.2) is 0 Å². The van der Waals surface area contributed by atoms with Crippen LogP contribution in [0.4, 0.5) is 0 Å². The fourth-order valence-corrected chi connectivity index (χ4v) is 1.41. The molecule has 0 bridgehead atoms. The minimum Gasteiger partial charge on any atom is -0.383 e. The van der Waals surface area contributed by atoms with E-state index in [1.165, 1.54) is 6.42 Å². The van der Waals surface area contributed by atoms with Crippen LogP contribution >= 0.6 is 0 Å². The smallest absolute Gasteiger partial charge is 0.191 e. The first-order valence-electron chi connectivity index (χ1n) is 6.94. The van der Waals surface area contributed by atoms with Crippen LogP contribution in [0.2, 0.25) is 0 Å². The van der Waals surface area contributed by atoms with Gasteiger partial charge in [-0.1, -0.05) is 13.3 Å². The quantitative estimate of drug-likeness (QED) is 0.347. The summed E-state index contributed by atoms with van der Waals surface area (Å²) in [6, 6.07) is 0. The maximum Gasteiger partial charge on any atom is 0.191 e. The predicted molar refractivity (Wildman–Crippen MR) is 78.3 cm³/mol. The van der Waals surface area contributed by atoms with E-state index in [0.717, 1.165) is 51.7 Å². The Morgan fingerprint density at radius 1 is 1.22 bits per heavy atom. The highest BCUT2D eigenvalue weighted by Gasteiger charge is 1.99. The van der Waals surface area contributed by atoms with Crippen molar-refractivity contribution in [2.45, 2.75) is 26.7 Å². The second kappa shape index (κ2) is 12.6. The lowest BCUT2D eigenvalue weighted by atomic mass is 10.3. The summed E-state index contributed by atoms with van der Waals surface area (Å²) in [6.45, 7) is 9.69. The van der Waals surface area contributed by atoms with E-state index in [-0.39, 0.29) is 0 Å². The first-order valence-corrected chi connectivity index (χ1v) is 6.94. The Morgan fingerprint density at radius 3 is 2.61 bits per heavy atom. The third-order valence-electron chi connectivity index (χ3n) is 2.59. The van der Waals surface area contributed by atoms with Crippen LogP contribution in [0.3, 0.4) is 0 Å². The molecule has 0 aromatic rings. The fraction of sp³-hybridized carbons (Fsp3) is 0.923. The summed E-state index contributed by atoms with van der Waals surface area (Å²) < 4.78 is 5.05. The number of nitrogens with zero attached hydrogens (tertiary/aromatic N) is 2. The topological polar surface area (TPSA) is 48.9 Å². The van der Waals surface area contributed by atoms with Crippen LogP contribution in [0.25, 0.3) is 0 Å². The van der Waals surface area contributed by atoms with Gasteiger partial charge in [0.25, 0.3) is 0 Å². The highest BCUT2D eigenvalue weighted by Crippen LogP contribution is 1.87. The SMILES string of the molecule is CCCCN=C(NCC)NCCN(C)CCOC. The second-order valence-electron chi connectivity index (χ2n) is 4.34. The minimum absolute atomic E-state index is 0.779. The molecule has 18 heavy (non-hydrogen) atoms. The molecule has 0 saturated carbocycles. The lowest BCUT2D eigenvalue weighted by Crippen LogP contribution is -2.41. The third kappa shape index (κ3) is 10.4. The maximum atomic E-state index is 5.05. The average Bonchev–Trinajstić information content (AvgIpc) is 2.36. The summed E-state index contributed by atoms with van der Waals surface area (Å²) in [5.41, 5.74) is 0. The molecule has 0 atom stereocenters. The predicted octanol–water partition coefficient (Wildman–Crippen LogP) is 0.920. The normalized spacial score (nSPS) is 11.9. The van der Waals surface area contributed by atoms with Crippen molar-refractivity contribution in [3.8, 4) is 0 Å². The van der Waals surface area contributed by atoms with E-state index in [1.54, 1.807) is 7.11 Å². The van der Waals surface area contributed by atoms with Crippen molar-refractivity contribution in [2.24, 2.45) is 4.99 Å². The molecule has 0 saturated heterocycles. The Morgan fingerprint density at radius 2 is 2.00 bits per heavy atom. The standard InChI is InChI=1S/C13H30N4O/c1-5-7-8-15-13(14-6-2)16-9-10-17(3)11-12-18-4/h5-12H2,1-4H3,(H2,14,15,16). The Balaban J connectivity index is 3.78. The number of aliphatic imine (C=N–C) groups is 1. The summed E-state index contributed by atoms with van der Waals surface area (Å²) in [6.07, 6.45) is 2.33. The van der Waals surface area contributed by atoms with Crippen molar-refractivity contribution >= 4 is 5.96 Å². The highest BCUT2D eigenvalue weighted by atomic mass is 16.5. The maximum absolute atomic E-state index is 5.05. The first kappa shape index (κ1) is 17.2. The van der Waals surface area contributed by atoms with Crippen LogP contribution in [0.15, 0.2) is 4.99 Å². The molecule has 0 spiro atoms. The molecule has 0 aliphatic rings. The molecular weight excluding hydrogens is 228 g/mol. The van der Waals surface area contributed by atoms with E-state index in [9.17, 15) is 0 Å². The molecule has 0 heterocycles. The molecule has 108 valence electrons. The number of rotatable bonds is 10. The van der Waals surface area contributed by atoms with Gasteiger partial charge in [0.2, 0.25) is 0 Å². The van der Waals surface area contributed by atoms with E-state index in [2.05, 4.69) is 41.4 Å². The molecule has 0 aromatic heterocycles. The van der Waals surface area contributed by atoms with Crippen LogP contribution in [-0.2, 0) is 4.74 Å². The molecule has 2 N–H and O–H groups in total. The van der Waals surface area contributed by atoms with Crippen LogP contribution in [0.5, 0.6) is 0 Å². The van der Waals surface area contributed by atoms with Crippen molar-refractivity contribution in [1.29, 1.82) is 0 Å². The van der Waals surface area contributed by atoms with E-state index < -0.39 is 0 Å². The summed E-state index contributed by atoms with van der Waals surface area (Å²) in [5, 5.41) is 6.60. The van der Waals surface area contributed by atoms with Crippen LogP contribution in [0.1, 0.15) is 26.7 Å². The zero-order valence-electron chi connectivity index (χ0n) is 12.5. The lowest BCUT2D eigenvalue weighted by molar-refractivity contribution is 0.162. The molecule has 0 unspecified atom stereocenters. The fourth-order valence-electron chi connectivity index (χ4n) is 1.41. The molecular formula is C13H30N4O. The van der Waals surface area contributed by atoms with Crippen molar-refractivity contribution in [3.05, 3.63) is 0 Å². The van der Waals surface area contributed by atoms with Gasteiger partial charge in [-0.15, -0.1) is 0 Å². The van der Waals surface area contributed by atoms with Gasteiger partial charge in [-0.2, -0.15) is 0 Å². The van der Waals surface area contributed by atoms with Gasteiger partial charge in [0.15, 0.2) is 5.96 Å². The van der Waals surface area contributed by atoms with E-state index in [4.69, 9.17) is 4.74 Å². The molecule has 0 aliphatic heterocycles. The van der Waals surface area contributed by atoms with Gasteiger partial charge < -0.3 is 20.3 Å². The van der Waals surface area contributed by atoms with Gasteiger partial charge in [-0.05, 0) is 20.4 Å². The number of hydrogen-bond donors (Lipinski definition) is 2. The molecule has 0 rings (SSSR count). The molecule has 5 heteroatoms. The summed E-state index contributed by atoms with van der Waals surface area (Å²) in [7, 11) is 3.83. The third-order valence-corrected chi connectivity index (χ3v) is 2.59. The Hall–Kier alpha value is -0.810. The van der Waals surface area contributed by atoms with Gasteiger partial charge in [0, 0.05) is 39.8 Å². The summed E-state index contributed by atoms with van der Waals surface area (Å²) in [5.74, 6) is 0.922. The number of guanidine groups is 1. The molecule has 0 amide bonds. The molecule has 0 aliphatic carbocycles. The largest absolute Gasteiger partial charge is 0.383 e. The Kier molecular flexibility index (Phi) is 12.1. The monoisotopic (exact) mass is 258 g/mol. The molecule has 0 aromatic carbocycles. The number of methoxy groups -OCH3 is 1. The zero-order valence-corrected chi connectivity index (χ0v) is 12.5. The lowest BCUT2D eigenvalue weighted by Gasteiger charge is -2.17. The Labute approximate surface area is 112 Å². The van der Waals surface area contributed by atoms with Gasteiger partial charge in [0.1, 0.15) is 0 Å². The van der Waals surface area contributed by atoms with Gasteiger partial charge in [0.05, 0.1) is 6.61 Å². The van der Waals surface area contributed by atoms with E-state index in [1.807, 2.05) is 0 Å². The number of nitrogens with one attached hydrogen (secondary N) is 2. The number of unbranched alkanes of at least 4 members (excludes halogenated alkanes) is 1. The zero-order chi connectivity index (χ0) is 13.6. The minimum atomic E-state index is 0.779. The summed E-state index contributed by atoms with van der Waals surface area (Å²) >= 11 is 0.